The number of fused-ring (bicyclic) bond motifs is 1. The third-order valence-electron chi connectivity index (χ3n) is 2.17. The van der Waals surface area contributed by atoms with Crippen LogP contribution in [-0.2, 0) is 4.74 Å². The SMILES string of the molecule is Br/C1=C/CCC2OC2CC1. The molecule has 0 N–H and O–H groups in total. The summed E-state index contributed by atoms with van der Waals surface area (Å²) in [5.74, 6) is 0. The Balaban J connectivity index is 1.95. The Hall–Kier alpha value is 0.180. The van der Waals surface area contributed by atoms with E-state index in [0.29, 0.717) is 12.2 Å². The van der Waals surface area contributed by atoms with Gasteiger partial charge in [-0.1, -0.05) is 22.0 Å². The van der Waals surface area contributed by atoms with Crippen LogP contribution in [0.5, 0.6) is 0 Å². The molecule has 2 heteroatoms. The number of halogens is 1. The molecule has 0 bridgehead atoms. The Kier molecular flexibility index (Phi) is 1.83. The van der Waals surface area contributed by atoms with E-state index in [4.69, 9.17) is 4.74 Å². The first-order chi connectivity index (χ1) is 4.86. The molecule has 0 saturated carbocycles. The van der Waals surface area contributed by atoms with Gasteiger partial charge >= 0.3 is 0 Å². The van der Waals surface area contributed by atoms with Gasteiger partial charge in [0.05, 0.1) is 12.2 Å². The van der Waals surface area contributed by atoms with Gasteiger partial charge in [-0.05, 0) is 30.2 Å². The van der Waals surface area contributed by atoms with E-state index in [1.54, 1.807) is 0 Å². The molecule has 0 amide bonds. The van der Waals surface area contributed by atoms with Gasteiger partial charge in [0.25, 0.3) is 0 Å². The van der Waals surface area contributed by atoms with E-state index in [2.05, 4.69) is 22.0 Å². The Morgan fingerprint density at radius 1 is 1.40 bits per heavy atom. The highest BCUT2D eigenvalue weighted by Gasteiger charge is 2.37. The van der Waals surface area contributed by atoms with Crippen molar-refractivity contribution in [1.29, 1.82) is 0 Å². The highest BCUT2D eigenvalue weighted by Crippen LogP contribution is 2.34. The first-order valence-corrected chi connectivity index (χ1v) is 4.65. The molecule has 56 valence electrons. The second kappa shape index (κ2) is 2.67. The van der Waals surface area contributed by atoms with Gasteiger partial charge < -0.3 is 4.74 Å². The van der Waals surface area contributed by atoms with Crippen molar-refractivity contribution in [3.8, 4) is 0 Å². The lowest BCUT2D eigenvalue weighted by Gasteiger charge is -2.00. The molecule has 2 unspecified atom stereocenters. The Bertz CT molecular complexity index is 165. The minimum absolute atomic E-state index is 0.598. The molecule has 2 rings (SSSR count). The van der Waals surface area contributed by atoms with Gasteiger partial charge in [-0.3, -0.25) is 0 Å². The number of epoxide rings is 1. The van der Waals surface area contributed by atoms with Crippen LogP contribution < -0.4 is 0 Å². The molecule has 0 aromatic heterocycles. The Morgan fingerprint density at radius 2 is 2.20 bits per heavy atom. The van der Waals surface area contributed by atoms with E-state index in [1.165, 1.54) is 30.2 Å². The number of hydrogen-bond acceptors (Lipinski definition) is 1. The van der Waals surface area contributed by atoms with E-state index in [0.717, 1.165) is 0 Å². The minimum Gasteiger partial charge on any atom is -0.370 e. The Morgan fingerprint density at radius 3 is 3.10 bits per heavy atom. The zero-order valence-electron chi connectivity index (χ0n) is 5.85. The molecule has 0 aromatic rings. The maximum atomic E-state index is 5.43. The monoisotopic (exact) mass is 202 g/mol. The van der Waals surface area contributed by atoms with Gasteiger partial charge in [0.2, 0.25) is 0 Å². The third-order valence-corrected chi connectivity index (χ3v) is 2.89. The van der Waals surface area contributed by atoms with Crippen LogP contribution in [0, 0.1) is 0 Å². The normalized spacial score (nSPS) is 44.3. The van der Waals surface area contributed by atoms with E-state index in [9.17, 15) is 0 Å². The van der Waals surface area contributed by atoms with Crippen molar-refractivity contribution < 1.29 is 4.74 Å². The molecule has 1 nitrogen and oxygen atoms in total. The average Bonchev–Trinajstić information content (AvgIpc) is 2.59. The largest absolute Gasteiger partial charge is 0.370 e. The molecular weight excluding hydrogens is 192 g/mol. The maximum Gasteiger partial charge on any atom is 0.0845 e. The third kappa shape index (κ3) is 1.43. The summed E-state index contributed by atoms with van der Waals surface area (Å²) in [6.07, 6.45) is 8.26. The molecule has 1 aliphatic heterocycles. The predicted molar refractivity (Wildman–Crippen MR) is 44.1 cm³/mol. The number of allylic oxidation sites excluding steroid dienone is 2. The quantitative estimate of drug-likeness (QED) is 0.551. The van der Waals surface area contributed by atoms with Crippen molar-refractivity contribution in [1.82, 2.24) is 0 Å². The fraction of sp³-hybridized carbons (Fsp3) is 0.750. The Labute approximate surface area is 69.6 Å². The highest BCUT2D eigenvalue weighted by molar-refractivity contribution is 9.11. The van der Waals surface area contributed by atoms with Crippen LogP contribution in [0.3, 0.4) is 0 Å². The fourth-order valence-corrected chi connectivity index (χ4v) is 1.93. The zero-order chi connectivity index (χ0) is 6.97. The summed E-state index contributed by atoms with van der Waals surface area (Å²) >= 11 is 3.52. The summed E-state index contributed by atoms with van der Waals surface area (Å²) in [6.45, 7) is 0. The summed E-state index contributed by atoms with van der Waals surface area (Å²) in [6, 6.07) is 0. The van der Waals surface area contributed by atoms with Gasteiger partial charge in [0.1, 0.15) is 0 Å². The van der Waals surface area contributed by atoms with E-state index in [1.807, 2.05) is 0 Å². The topological polar surface area (TPSA) is 12.5 Å². The number of ether oxygens (including phenoxy) is 1. The highest BCUT2D eigenvalue weighted by atomic mass is 79.9. The van der Waals surface area contributed by atoms with Crippen LogP contribution in [-0.4, -0.2) is 12.2 Å². The van der Waals surface area contributed by atoms with Crippen molar-refractivity contribution in [2.75, 3.05) is 0 Å². The van der Waals surface area contributed by atoms with Gasteiger partial charge in [-0.25, -0.2) is 0 Å². The maximum absolute atomic E-state index is 5.43. The predicted octanol–water partition coefficient (Wildman–Crippen LogP) is 2.61. The lowest BCUT2D eigenvalue weighted by molar-refractivity contribution is 0.359. The van der Waals surface area contributed by atoms with Crippen molar-refractivity contribution in [2.45, 2.75) is 37.9 Å². The van der Waals surface area contributed by atoms with Crippen LogP contribution in [0.15, 0.2) is 10.6 Å². The summed E-state index contributed by atoms with van der Waals surface area (Å²) in [5.41, 5.74) is 0. The molecule has 0 aromatic carbocycles. The molecule has 0 radical (unpaired) electrons. The molecule has 2 atom stereocenters. The van der Waals surface area contributed by atoms with E-state index < -0.39 is 0 Å². The molecule has 10 heavy (non-hydrogen) atoms. The van der Waals surface area contributed by atoms with Gasteiger partial charge in [0.15, 0.2) is 0 Å². The summed E-state index contributed by atoms with van der Waals surface area (Å²) in [7, 11) is 0. The molecule has 1 heterocycles. The van der Waals surface area contributed by atoms with Crippen LogP contribution in [0.4, 0.5) is 0 Å². The lowest BCUT2D eigenvalue weighted by atomic mass is 10.1. The summed E-state index contributed by atoms with van der Waals surface area (Å²) in [4.78, 5) is 0. The zero-order valence-corrected chi connectivity index (χ0v) is 7.43. The van der Waals surface area contributed by atoms with Crippen molar-refractivity contribution >= 4 is 15.9 Å². The summed E-state index contributed by atoms with van der Waals surface area (Å²) < 4.78 is 6.79. The number of rotatable bonds is 0. The lowest BCUT2D eigenvalue weighted by Crippen LogP contribution is -1.96. The van der Waals surface area contributed by atoms with Crippen molar-refractivity contribution in [3.63, 3.8) is 0 Å². The molecular formula is C8H11BrO. The molecule has 1 fully saturated rings. The average molecular weight is 203 g/mol. The standard InChI is InChI=1S/C8H11BrO/c9-6-2-1-3-7-8(10-7)5-4-6/h2,7-8H,1,3-5H2/b6-2+. The fourth-order valence-electron chi connectivity index (χ4n) is 1.47. The van der Waals surface area contributed by atoms with Crippen LogP contribution in [0.1, 0.15) is 25.7 Å². The second-order valence-corrected chi connectivity index (χ2v) is 4.00. The van der Waals surface area contributed by atoms with Crippen molar-refractivity contribution in [2.24, 2.45) is 0 Å². The molecule has 2 aliphatic rings. The van der Waals surface area contributed by atoms with Crippen molar-refractivity contribution in [3.05, 3.63) is 10.6 Å². The van der Waals surface area contributed by atoms with E-state index >= 15 is 0 Å². The molecule has 0 spiro atoms. The first kappa shape index (κ1) is 6.86. The molecule has 1 saturated heterocycles. The first-order valence-electron chi connectivity index (χ1n) is 3.86. The van der Waals surface area contributed by atoms with Gasteiger partial charge in [-0.15, -0.1) is 0 Å². The van der Waals surface area contributed by atoms with Crippen LogP contribution in [0.25, 0.3) is 0 Å². The van der Waals surface area contributed by atoms with Gasteiger partial charge in [0, 0.05) is 0 Å². The smallest absolute Gasteiger partial charge is 0.0845 e. The number of hydrogen-bond donors (Lipinski definition) is 0. The van der Waals surface area contributed by atoms with Gasteiger partial charge in [-0.2, -0.15) is 0 Å². The molecule has 1 aliphatic carbocycles. The van der Waals surface area contributed by atoms with E-state index in [-0.39, 0.29) is 0 Å². The van der Waals surface area contributed by atoms with Crippen LogP contribution >= 0.6 is 15.9 Å². The minimum atomic E-state index is 0.598. The second-order valence-electron chi connectivity index (χ2n) is 2.98. The van der Waals surface area contributed by atoms with Crippen LogP contribution in [0.2, 0.25) is 0 Å². The summed E-state index contributed by atoms with van der Waals surface area (Å²) in [5, 5.41) is 0.